The first-order chi connectivity index (χ1) is 12.5. The third-order valence-corrected chi connectivity index (χ3v) is 4.86. The molecule has 2 heterocycles. The molecule has 0 radical (unpaired) electrons. The number of nitrogens with zero attached hydrogens (tertiary/aromatic N) is 1. The SMILES string of the molecule is COc1ccccc1OC(C)(C)C(=O)N[C@H]1COC[C@@H]1N1CCOCC1. The van der Waals surface area contributed by atoms with Gasteiger partial charge in [-0.05, 0) is 26.0 Å². The standard InChI is InChI=1S/C19H28N2O5/c1-19(2,26-17-7-5-4-6-16(17)23-3)18(22)20-14-12-25-13-15(14)21-8-10-24-11-9-21/h4-7,14-15H,8-13H2,1-3H3,(H,20,22)/t14-,15-/m0/s1. The molecule has 3 rings (SSSR count). The van der Waals surface area contributed by atoms with Crippen molar-refractivity contribution in [1.82, 2.24) is 10.2 Å². The second kappa shape index (κ2) is 8.24. The Morgan fingerprint density at radius 3 is 2.54 bits per heavy atom. The van der Waals surface area contributed by atoms with Crippen LogP contribution in [-0.2, 0) is 14.3 Å². The van der Waals surface area contributed by atoms with Crippen LogP contribution in [0.3, 0.4) is 0 Å². The van der Waals surface area contributed by atoms with Crippen molar-refractivity contribution in [2.75, 3.05) is 46.6 Å². The molecule has 2 aliphatic rings. The molecule has 1 aromatic carbocycles. The minimum atomic E-state index is -1.03. The van der Waals surface area contributed by atoms with E-state index in [2.05, 4.69) is 10.2 Å². The predicted molar refractivity (Wildman–Crippen MR) is 96.6 cm³/mol. The average Bonchev–Trinajstić information content (AvgIpc) is 3.10. The summed E-state index contributed by atoms with van der Waals surface area (Å²) in [5.41, 5.74) is -1.03. The van der Waals surface area contributed by atoms with E-state index in [-0.39, 0.29) is 18.0 Å². The van der Waals surface area contributed by atoms with Crippen molar-refractivity contribution in [3.63, 3.8) is 0 Å². The molecule has 0 saturated carbocycles. The van der Waals surface area contributed by atoms with E-state index >= 15 is 0 Å². The molecule has 2 aliphatic heterocycles. The number of carbonyl (C=O) groups is 1. The van der Waals surface area contributed by atoms with E-state index in [4.69, 9.17) is 18.9 Å². The summed E-state index contributed by atoms with van der Waals surface area (Å²) in [4.78, 5) is 15.2. The zero-order valence-electron chi connectivity index (χ0n) is 15.7. The van der Waals surface area contributed by atoms with Crippen LogP contribution < -0.4 is 14.8 Å². The van der Waals surface area contributed by atoms with Crippen LogP contribution in [0.1, 0.15) is 13.8 Å². The number of carbonyl (C=O) groups excluding carboxylic acids is 1. The Kier molecular flexibility index (Phi) is 6.01. The lowest BCUT2D eigenvalue weighted by Crippen LogP contribution is -2.58. The highest BCUT2D eigenvalue weighted by Crippen LogP contribution is 2.29. The maximum Gasteiger partial charge on any atom is 0.263 e. The lowest BCUT2D eigenvalue weighted by Gasteiger charge is -2.35. The van der Waals surface area contributed by atoms with Gasteiger partial charge in [0, 0.05) is 13.1 Å². The normalized spacial score (nSPS) is 24.3. The Labute approximate surface area is 154 Å². The number of morpholine rings is 1. The molecule has 7 heteroatoms. The van der Waals surface area contributed by atoms with Gasteiger partial charge in [0.25, 0.3) is 5.91 Å². The largest absolute Gasteiger partial charge is 0.493 e. The molecule has 1 amide bonds. The van der Waals surface area contributed by atoms with Crippen LogP contribution in [-0.4, -0.2) is 75.1 Å². The lowest BCUT2D eigenvalue weighted by molar-refractivity contribution is -0.135. The fraction of sp³-hybridized carbons (Fsp3) is 0.632. The van der Waals surface area contributed by atoms with Gasteiger partial charge in [-0.1, -0.05) is 12.1 Å². The number of hydrogen-bond acceptors (Lipinski definition) is 6. The summed E-state index contributed by atoms with van der Waals surface area (Å²) in [6, 6.07) is 7.43. The van der Waals surface area contributed by atoms with Crippen LogP contribution in [0.25, 0.3) is 0 Å². The van der Waals surface area contributed by atoms with Crippen LogP contribution in [0.2, 0.25) is 0 Å². The van der Waals surface area contributed by atoms with Crippen molar-refractivity contribution in [3.05, 3.63) is 24.3 Å². The Balaban J connectivity index is 1.63. The molecule has 0 aliphatic carbocycles. The number of benzene rings is 1. The van der Waals surface area contributed by atoms with E-state index < -0.39 is 5.60 Å². The number of hydrogen-bond donors (Lipinski definition) is 1. The quantitative estimate of drug-likeness (QED) is 0.814. The summed E-state index contributed by atoms with van der Waals surface area (Å²) in [5, 5.41) is 3.11. The van der Waals surface area contributed by atoms with Gasteiger partial charge in [0.15, 0.2) is 17.1 Å². The monoisotopic (exact) mass is 364 g/mol. The smallest absolute Gasteiger partial charge is 0.263 e. The summed E-state index contributed by atoms with van der Waals surface area (Å²) < 4.78 is 22.3. The molecule has 2 saturated heterocycles. The van der Waals surface area contributed by atoms with E-state index in [1.807, 2.05) is 18.2 Å². The first-order valence-corrected chi connectivity index (χ1v) is 9.04. The number of rotatable bonds is 6. The van der Waals surface area contributed by atoms with Gasteiger partial charge in [0.1, 0.15) is 0 Å². The summed E-state index contributed by atoms with van der Waals surface area (Å²) in [6.07, 6.45) is 0. The van der Waals surface area contributed by atoms with Gasteiger partial charge in [-0.3, -0.25) is 9.69 Å². The lowest BCUT2D eigenvalue weighted by atomic mass is 10.1. The average molecular weight is 364 g/mol. The van der Waals surface area contributed by atoms with Gasteiger partial charge in [-0.25, -0.2) is 0 Å². The van der Waals surface area contributed by atoms with Crippen molar-refractivity contribution < 1.29 is 23.7 Å². The van der Waals surface area contributed by atoms with Crippen LogP contribution in [0.4, 0.5) is 0 Å². The third-order valence-electron chi connectivity index (χ3n) is 4.86. The van der Waals surface area contributed by atoms with Crippen LogP contribution in [0.15, 0.2) is 24.3 Å². The Hall–Kier alpha value is -1.83. The molecule has 2 atom stereocenters. The zero-order valence-corrected chi connectivity index (χ0v) is 15.7. The highest BCUT2D eigenvalue weighted by molar-refractivity contribution is 5.85. The molecule has 2 fully saturated rings. The maximum absolute atomic E-state index is 12.9. The number of nitrogens with one attached hydrogen (secondary N) is 1. The second-order valence-corrected chi connectivity index (χ2v) is 7.10. The number of methoxy groups -OCH3 is 1. The fourth-order valence-electron chi connectivity index (χ4n) is 3.32. The number of ether oxygens (including phenoxy) is 4. The topological polar surface area (TPSA) is 69.3 Å². The predicted octanol–water partition coefficient (Wildman–Crippen LogP) is 1.07. The summed E-state index contributed by atoms with van der Waals surface area (Å²) in [7, 11) is 1.58. The number of para-hydroxylation sites is 2. The summed E-state index contributed by atoms with van der Waals surface area (Å²) in [5.74, 6) is 0.975. The fourth-order valence-corrected chi connectivity index (χ4v) is 3.32. The third kappa shape index (κ3) is 4.28. The van der Waals surface area contributed by atoms with E-state index in [9.17, 15) is 4.79 Å². The van der Waals surface area contributed by atoms with Crippen molar-refractivity contribution in [3.8, 4) is 11.5 Å². The first-order valence-electron chi connectivity index (χ1n) is 9.04. The highest BCUT2D eigenvalue weighted by Gasteiger charge is 2.39. The molecule has 144 valence electrons. The van der Waals surface area contributed by atoms with Gasteiger partial charge in [-0.15, -0.1) is 0 Å². The molecule has 1 aromatic rings. The molecule has 0 unspecified atom stereocenters. The Morgan fingerprint density at radius 1 is 1.15 bits per heavy atom. The van der Waals surface area contributed by atoms with Gasteiger partial charge in [0.2, 0.25) is 0 Å². The minimum absolute atomic E-state index is 0.0545. The van der Waals surface area contributed by atoms with E-state index in [1.165, 1.54) is 0 Å². The van der Waals surface area contributed by atoms with E-state index in [0.29, 0.717) is 24.7 Å². The van der Waals surface area contributed by atoms with Crippen molar-refractivity contribution in [1.29, 1.82) is 0 Å². The molecule has 0 spiro atoms. The summed E-state index contributed by atoms with van der Waals surface area (Å²) in [6.45, 7) is 7.82. The molecule has 7 nitrogen and oxygen atoms in total. The molecule has 0 bridgehead atoms. The molecule has 26 heavy (non-hydrogen) atoms. The summed E-state index contributed by atoms with van der Waals surface area (Å²) >= 11 is 0. The van der Waals surface area contributed by atoms with E-state index in [0.717, 1.165) is 26.3 Å². The maximum atomic E-state index is 12.9. The molecular weight excluding hydrogens is 336 g/mol. The zero-order chi connectivity index (χ0) is 18.6. The Morgan fingerprint density at radius 2 is 1.85 bits per heavy atom. The van der Waals surface area contributed by atoms with Crippen LogP contribution >= 0.6 is 0 Å². The molecular formula is C19H28N2O5. The van der Waals surface area contributed by atoms with Gasteiger partial charge >= 0.3 is 0 Å². The van der Waals surface area contributed by atoms with Crippen LogP contribution in [0.5, 0.6) is 11.5 Å². The van der Waals surface area contributed by atoms with Crippen LogP contribution in [0, 0.1) is 0 Å². The first kappa shape index (κ1) is 18.9. The van der Waals surface area contributed by atoms with Gasteiger partial charge < -0.3 is 24.3 Å². The molecule has 1 N–H and O–H groups in total. The Bertz CT molecular complexity index is 616. The van der Waals surface area contributed by atoms with E-state index in [1.54, 1.807) is 27.0 Å². The highest BCUT2D eigenvalue weighted by atomic mass is 16.5. The second-order valence-electron chi connectivity index (χ2n) is 7.10. The van der Waals surface area contributed by atoms with Crippen molar-refractivity contribution in [2.24, 2.45) is 0 Å². The van der Waals surface area contributed by atoms with Crippen molar-refractivity contribution in [2.45, 2.75) is 31.5 Å². The van der Waals surface area contributed by atoms with Crippen molar-refractivity contribution >= 4 is 5.91 Å². The van der Waals surface area contributed by atoms with Gasteiger partial charge in [0.05, 0.1) is 45.6 Å². The molecule has 0 aromatic heterocycles. The number of amides is 1. The minimum Gasteiger partial charge on any atom is -0.493 e. The van der Waals surface area contributed by atoms with Gasteiger partial charge in [-0.2, -0.15) is 0 Å².